The van der Waals surface area contributed by atoms with Crippen LogP contribution in [0, 0.1) is 0 Å². The lowest BCUT2D eigenvalue weighted by molar-refractivity contribution is -0.138. The summed E-state index contributed by atoms with van der Waals surface area (Å²) in [5.74, 6) is -0.953. The van der Waals surface area contributed by atoms with Crippen LogP contribution in [-0.4, -0.2) is 38.7 Å². The maximum atomic E-state index is 11.0. The molecule has 1 unspecified atom stereocenters. The monoisotopic (exact) mass is 500 g/mol. The van der Waals surface area contributed by atoms with E-state index >= 15 is 0 Å². The van der Waals surface area contributed by atoms with Gasteiger partial charge >= 0.3 is 5.97 Å². The Hall–Kier alpha value is -3.22. The van der Waals surface area contributed by atoms with Crippen molar-refractivity contribution in [3.05, 3.63) is 77.0 Å². The number of benzene rings is 2. The Balaban J connectivity index is 1.60. The van der Waals surface area contributed by atoms with E-state index in [-0.39, 0.29) is 17.4 Å². The molecule has 0 spiro atoms. The Bertz CT molecular complexity index is 1340. The fraction of sp³-hybridized carbons (Fsp3) is 0.419. The Kier molecular flexibility index (Phi) is 6.82. The number of carboxylic acids is 1. The van der Waals surface area contributed by atoms with Crippen molar-refractivity contribution in [2.45, 2.75) is 77.2 Å². The van der Waals surface area contributed by atoms with Gasteiger partial charge in [-0.1, -0.05) is 35.9 Å². The molecule has 2 saturated heterocycles. The van der Waals surface area contributed by atoms with E-state index in [1.807, 2.05) is 23.0 Å². The first-order valence-electron chi connectivity index (χ1n) is 13.1. The van der Waals surface area contributed by atoms with Gasteiger partial charge < -0.3 is 14.6 Å². The number of aromatic nitrogens is 2. The smallest absolute Gasteiger partial charge is 0.328 e. The Morgan fingerprint density at radius 3 is 2.38 bits per heavy atom. The van der Waals surface area contributed by atoms with Gasteiger partial charge in [0.1, 0.15) is 0 Å². The van der Waals surface area contributed by atoms with Crippen molar-refractivity contribution in [3.63, 3.8) is 0 Å². The van der Waals surface area contributed by atoms with Gasteiger partial charge in [-0.15, -0.1) is 0 Å². The Labute approximate surface area is 218 Å². The van der Waals surface area contributed by atoms with E-state index < -0.39 is 5.97 Å². The quantitative estimate of drug-likeness (QED) is 0.382. The van der Waals surface area contributed by atoms with Gasteiger partial charge in [-0.3, -0.25) is 0 Å². The van der Waals surface area contributed by atoms with Crippen molar-refractivity contribution in [1.29, 1.82) is 0 Å². The topological polar surface area (TPSA) is 73.6 Å². The van der Waals surface area contributed by atoms with Crippen molar-refractivity contribution in [1.82, 2.24) is 9.78 Å². The second-order valence-corrected chi connectivity index (χ2v) is 11.4. The summed E-state index contributed by atoms with van der Waals surface area (Å²) in [6.45, 7) is 9.41. The van der Waals surface area contributed by atoms with Crippen LogP contribution < -0.4 is 0 Å². The summed E-state index contributed by atoms with van der Waals surface area (Å²) in [4.78, 5) is 11.0. The zero-order valence-electron chi connectivity index (χ0n) is 22.2. The molecule has 0 saturated carbocycles. The van der Waals surface area contributed by atoms with Crippen molar-refractivity contribution in [3.8, 4) is 0 Å². The van der Waals surface area contributed by atoms with E-state index in [9.17, 15) is 4.79 Å². The van der Waals surface area contributed by atoms with Gasteiger partial charge in [0.15, 0.2) is 6.23 Å². The highest BCUT2D eigenvalue weighted by Crippen LogP contribution is 2.43. The van der Waals surface area contributed by atoms with Crippen LogP contribution in [-0.2, 0) is 14.3 Å². The van der Waals surface area contributed by atoms with Crippen LogP contribution in [0.3, 0.4) is 0 Å². The van der Waals surface area contributed by atoms with E-state index in [2.05, 4.69) is 58.0 Å². The maximum absolute atomic E-state index is 11.0. The fourth-order valence-corrected chi connectivity index (χ4v) is 5.95. The van der Waals surface area contributed by atoms with Crippen LogP contribution in [0.2, 0.25) is 0 Å². The lowest BCUT2D eigenvalue weighted by atomic mass is 9.79. The van der Waals surface area contributed by atoms with Gasteiger partial charge in [-0.2, -0.15) is 5.10 Å². The minimum absolute atomic E-state index is 0.00146. The molecule has 2 aliphatic rings. The van der Waals surface area contributed by atoms with E-state index in [4.69, 9.17) is 19.7 Å². The second-order valence-electron chi connectivity index (χ2n) is 11.4. The van der Waals surface area contributed by atoms with Crippen LogP contribution in [0.25, 0.3) is 22.6 Å². The lowest BCUT2D eigenvalue weighted by Gasteiger charge is -2.43. The van der Waals surface area contributed by atoms with E-state index in [1.165, 1.54) is 17.2 Å². The minimum Gasteiger partial charge on any atom is -0.478 e. The van der Waals surface area contributed by atoms with Crippen LogP contribution >= 0.6 is 0 Å². The van der Waals surface area contributed by atoms with Crippen LogP contribution in [0.4, 0.5) is 0 Å². The molecule has 1 atom stereocenters. The number of fused-ring (bicyclic) bond motifs is 1. The normalized spacial score (nSPS) is 21.4. The highest BCUT2D eigenvalue weighted by molar-refractivity contribution is 5.90. The van der Waals surface area contributed by atoms with Crippen molar-refractivity contribution in [2.24, 2.45) is 0 Å². The minimum atomic E-state index is -0.953. The first-order valence-corrected chi connectivity index (χ1v) is 13.1. The van der Waals surface area contributed by atoms with Gasteiger partial charge in [-0.25, -0.2) is 9.48 Å². The largest absolute Gasteiger partial charge is 0.478 e. The van der Waals surface area contributed by atoms with E-state index in [1.54, 1.807) is 6.08 Å². The molecule has 1 N–H and O–H groups in total. The predicted molar refractivity (Wildman–Crippen MR) is 146 cm³/mol. The molecule has 3 aromatic rings. The van der Waals surface area contributed by atoms with E-state index in [0.717, 1.165) is 66.3 Å². The zero-order chi connectivity index (χ0) is 26.2. The first-order chi connectivity index (χ1) is 17.6. The number of ether oxygens (including phenoxy) is 2. The van der Waals surface area contributed by atoms with Crippen LogP contribution in [0.1, 0.15) is 82.7 Å². The second kappa shape index (κ2) is 9.92. The Morgan fingerprint density at radius 2 is 1.73 bits per heavy atom. The standard InChI is InChI=1S/C31H36N2O4/c1-30(2)18-25(19-31(3,4)37-30)29(22-11-8-21(9-12-22)10-15-28(34)35)23-13-14-26-24(17-23)20-32-33(26)27-7-5-6-16-36-27/h8-15,17,20,27H,5-7,16,18-19H2,1-4H3,(H,34,35). The molecule has 3 heterocycles. The third-order valence-corrected chi connectivity index (χ3v) is 7.11. The van der Waals surface area contributed by atoms with Crippen molar-refractivity contribution in [2.75, 3.05) is 6.61 Å². The SMILES string of the molecule is CC1(C)CC(=C(c2ccc(C=CC(=O)O)cc2)c2ccc3c(cnn3C3CCCCO3)c2)CC(C)(C)O1. The average molecular weight is 501 g/mol. The van der Waals surface area contributed by atoms with Crippen LogP contribution in [0.15, 0.2) is 60.3 Å². The number of aliphatic carboxylic acids is 1. The first kappa shape index (κ1) is 25.4. The number of carboxylic acid groups (broad SMARTS) is 1. The molecule has 1 aromatic heterocycles. The predicted octanol–water partition coefficient (Wildman–Crippen LogP) is 7.00. The Morgan fingerprint density at radius 1 is 1.03 bits per heavy atom. The zero-order valence-corrected chi connectivity index (χ0v) is 22.2. The molecular formula is C31H36N2O4. The molecule has 5 rings (SSSR count). The summed E-state index contributed by atoms with van der Waals surface area (Å²) in [6, 6.07) is 14.7. The summed E-state index contributed by atoms with van der Waals surface area (Å²) in [7, 11) is 0. The highest BCUT2D eigenvalue weighted by atomic mass is 16.5. The molecule has 194 valence electrons. The molecule has 2 aromatic carbocycles. The molecule has 0 amide bonds. The summed E-state index contributed by atoms with van der Waals surface area (Å²) in [5.41, 5.74) is 6.21. The summed E-state index contributed by atoms with van der Waals surface area (Å²) >= 11 is 0. The average Bonchev–Trinajstić information content (AvgIpc) is 3.26. The van der Waals surface area contributed by atoms with Gasteiger partial charge in [0, 0.05) is 18.1 Å². The summed E-state index contributed by atoms with van der Waals surface area (Å²) < 4.78 is 14.4. The summed E-state index contributed by atoms with van der Waals surface area (Å²) in [5, 5.41) is 14.8. The van der Waals surface area contributed by atoms with Crippen molar-refractivity contribution < 1.29 is 19.4 Å². The molecular weight excluding hydrogens is 464 g/mol. The molecule has 6 nitrogen and oxygen atoms in total. The molecule has 6 heteroatoms. The number of hydrogen-bond acceptors (Lipinski definition) is 4. The third-order valence-electron chi connectivity index (χ3n) is 7.11. The van der Waals surface area contributed by atoms with Gasteiger partial charge in [0.05, 0.1) is 22.9 Å². The molecule has 2 aliphatic heterocycles. The third kappa shape index (κ3) is 5.71. The molecule has 0 aliphatic carbocycles. The fourth-order valence-electron chi connectivity index (χ4n) is 5.95. The van der Waals surface area contributed by atoms with Gasteiger partial charge in [0.2, 0.25) is 0 Å². The highest BCUT2D eigenvalue weighted by Gasteiger charge is 2.38. The van der Waals surface area contributed by atoms with E-state index in [0.29, 0.717) is 0 Å². The molecule has 0 radical (unpaired) electrons. The van der Waals surface area contributed by atoms with Crippen molar-refractivity contribution >= 4 is 28.5 Å². The molecule has 37 heavy (non-hydrogen) atoms. The number of hydrogen-bond donors (Lipinski definition) is 1. The number of rotatable bonds is 5. The molecule has 2 fully saturated rings. The number of nitrogens with zero attached hydrogens (tertiary/aromatic N) is 2. The molecule has 0 bridgehead atoms. The van der Waals surface area contributed by atoms with Gasteiger partial charge in [0.25, 0.3) is 0 Å². The summed E-state index contributed by atoms with van der Waals surface area (Å²) in [6.07, 6.45) is 9.64. The number of carbonyl (C=O) groups is 1. The lowest BCUT2D eigenvalue weighted by Crippen LogP contribution is -2.42. The van der Waals surface area contributed by atoms with Crippen LogP contribution in [0.5, 0.6) is 0 Å². The maximum Gasteiger partial charge on any atom is 0.328 e. The van der Waals surface area contributed by atoms with Gasteiger partial charge in [-0.05, 0) is 100 Å².